The molecule has 0 fully saturated rings. The third-order valence-corrected chi connectivity index (χ3v) is 8.99. The molecule has 2 aromatic carbocycles. The summed E-state index contributed by atoms with van der Waals surface area (Å²) in [6, 6.07) is 13.4. The van der Waals surface area contributed by atoms with E-state index in [0.29, 0.717) is 54.2 Å². The minimum absolute atomic E-state index is 0.00236. The molecule has 1 heterocycles. The van der Waals surface area contributed by atoms with Gasteiger partial charge in [-0.1, -0.05) is 73.4 Å². The summed E-state index contributed by atoms with van der Waals surface area (Å²) in [5.41, 5.74) is 4.08. The molecule has 0 atom stereocenters. The summed E-state index contributed by atoms with van der Waals surface area (Å²) in [5.74, 6) is -0.946. The van der Waals surface area contributed by atoms with Gasteiger partial charge in [-0.25, -0.2) is 0 Å². The van der Waals surface area contributed by atoms with Crippen LogP contribution in [0, 0.1) is 10.8 Å². The van der Waals surface area contributed by atoms with Crippen LogP contribution in [0.1, 0.15) is 76.8 Å². The predicted molar refractivity (Wildman–Crippen MR) is 162 cm³/mol. The lowest BCUT2D eigenvalue weighted by atomic mass is 9.63. The molecule has 8 heteroatoms. The highest BCUT2D eigenvalue weighted by molar-refractivity contribution is 9.10. The van der Waals surface area contributed by atoms with E-state index in [2.05, 4.69) is 43.6 Å². The van der Waals surface area contributed by atoms with Gasteiger partial charge in [0.05, 0.1) is 11.4 Å². The summed E-state index contributed by atoms with van der Waals surface area (Å²) in [6.45, 7) is 8.82. The number of halogens is 2. The molecule has 0 bridgehead atoms. The third-order valence-electron chi connectivity index (χ3n) is 8.17. The molecule has 1 aliphatic heterocycles. The van der Waals surface area contributed by atoms with Gasteiger partial charge in [-0.05, 0) is 59.1 Å². The summed E-state index contributed by atoms with van der Waals surface area (Å²) in [4.78, 5) is 41.3. The first-order chi connectivity index (χ1) is 19.2. The number of allylic oxidation sites excluding steroid dienone is 4. The number of hydrogen-bond donors (Lipinski definition) is 1. The number of rotatable bonds is 7. The fraction of sp³-hybridized carbons (Fsp3) is 0.424. The molecule has 0 saturated carbocycles. The van der Waals surface area contributed by atoms with Crippen LogP contribution in [0.25, 0.3) is 0 Å². The number of Topliss-reactive ketones (excluding diaryl/α,β-unsaturated/α-hetero) is 2. The van der Waals surface area contributed by atoms with Crippen LogP contribution in [0.5, 0.6) is 5.75 Å². The number of nitrogens with zero attached hydrogens (tertiary/aromatic N) is 1. The van der Waals surface area contributed by atoms with Crippen LogP contribution in [0.15, 0.2) is 69.5 Å². The summed E-state index contributed by atoms with van der Waals surface area (Å²) >= 11 is 10.2. The molecule has 3 aliphatic rings. The van der Waals surface area contributed by atoms with Crippen molar-refractivity contribution in [3.05, 3.63) is 85.6 Å². The molecule has 2 aliphatic carbocycles. The van der Waals surface area contributed by atoms with Crippen LogP contribution in [0.2, 0.25) is 5.02 Å². The van der Waals surface area contributed by atoms with E-state index in [1.807, 2.05) is 47.4 Å². The molecule has 2 aromatic rings. The molecule has 0 spiro atoms. The number of benzene rings is 2. The molecular weight excluding hydrogens is 606 g/mol. The van der Waals surface area contributed by atoms with Crippen LogP contribution < -0.4 is 4.74 Å². The third kappa shape index (κ3) is 6.17. The molecule has 0 aromatic heterocycles. The summed E-state index contributed by atoms with van der Waals surface area (Å²) in [7, 11) is 0. The average Bonchev–Trinajstić information content (AvgIpc) is 2.85. The number of aliphatic carboxylic acids is 1. The lowest BCUT2D eigenvalue weighted by molar-refractivity contribution is -0.137. The summed E-state index contributed by atoms with van der Waals surface area (Å²) in [6.07, 6.45) is 1.88. The van der Waals surface area contributed by atoms with Gasteiger partial charge in [0.15, 0.2) is 11.6 Å². The number of ketones is 2. The van der Waals surface area contributed by atoms with Crippen LogP contribution in [0.4, 0.5) is 0 Å². The Hall–Kier alpha value is -2.90. The van der Waals surface area contributed by atoms with E-state index in [1.54, 1.807) is 0 Å². The van der Waals surface area contributed by atoms with Crippen LogP contribution in [-0.4, -0.2) is 34.1 Å². The van der Waals surface area contributed by atoms with E-state index >= 15 is 0 Å². The Morgan fingerprint density at radius 3 is 2.02 bits per heavy atom. The van der Waals surface area contributed by atoms with Crippen molar-refractivity contribution >= 4 is 45.1 Å². The first-order valence-corrected chi connectivity index (χ1v) is 15.1. The van der Waals surface area contributed by atoms with Crippen molar-refractivity contribution in [1.82, 2.24) is 4.90 Å². The van der Waals surface area contributed by atoms with Gasteiger partial charge in [-0.2, -0.15) is 0 Å². The quantitative estimate of drug-likeness (QED) is 0.332. The summed E-state index contributed by atoms with van der Waals surface area (Å²) < 4.78 is 7.00. The zero-order valence-corrected chi connectivity index (χ0v) is 26.2. The fourth-order valence-electron chi connectivity index (χ4n) is 6.41. The number of carboxylic acids is 1. The van der Waals surface area contributed by atoms with Crippen LogP contribution in [0.3, 0.4) is 0 Å². The molecule has 1 N–H and O–H groups in total. The maximum atomic E-state index is 13.9. The number of carbonyl (C=O) groups is 3. The van der Waals surface area contributed by atoms with Crippen molar-refractivity contribution in [2.75, 3.05) is 6.54 Å². The van der Waals surface area contributed by atoms with Gasteiger partial charge in [0.25, 0.3) is 0 Å². The van der Waals surface area contributed by atoms with E-state index in [-0.39, 0.29) is 35.4 Å². The molecule has 5 rings (SSSR count). The number of hydrogen-bond acceptors (Lipinski definition) is 5. The van der Waals surface area contributed by atoms with E-state index in [4.69, 9.17) is 16.3 Å². The number of carboxylic acid groups (broad SMARTS) is 1. The average molecular weight is 641 g/mol. The zero-order valence-electron chi connectivity index (χ0n) is 23.9. The van der Waals surface area contributed by atoms with Gasteiger partial charge >= 0.3 is 5.97 Å². The first kappa shape index (κ1) is 29.6. The number of ether oxygens (including phenoxy) is 1. The Morgan fingerprint density at radius 1 is 0.951 bits per heavy atom. The maximum absolute atomic E-state index is 13.9. The highest BCUT2D eigenvalue weighted by Gasteiger charge is 2.49. The molecule has 0 amide bonds. The molecule has 0 unspecified atom stereocenters. The molecular formula is C33H35BrClNO5. The van der Waals surface area contributed by atoms with Gasteiger partial charge in [-0.3, -0.25) is 14.4 Å². The van der Waals surface area contributed by atoms with Crippen molar-refractivity contribution in [2.24, 2.45) is 10.8 Å². The molecule has 0 saturated heterocycles. The molecule has 0 radical (unpaired) electrons. The van der Waals surface area contributed by atoms with Crippen molar-refractivity contribution in [1.29, 1.82) is 0 Å². The highest BCUT2D eigenvalue weighted by atomic mass is 79.9. The smallest absolute Gasteiger partial charge is 0.305 e. The van der Waals surface area contributed by atoms with E-state index in [1.165, 1.54) is 0 Å². The van der Waals surface area contributed by atoms with Crippen molar-refractivity contribution in [3.63, 3.8) is 0 Å². The molecule has 6 nitrogen and oxygen atoms in total. The molecule has 216 valence electrons. The number of carbonyl (C=O) groups excluding carboxylic acids is 2. The van der Waals surface area contributed by atoms with Gasteiger partial charge in [0, 0.05) is 52.3 Å². The largest absolute Gasteiger partial charge is 0.487 e. The summed E-state index contributed by atoms with van der Waals surface area (Å²) in [5, 5.41) is 9.95. The topological polar surface area (TPSA) is 83.9 Å². The normalized spacial score (nSPS) is 20.2. The lowest BCUT2D eigenvalue weighted by Gasteiger charge is -2.49. The Labute approximate surface area is 254 Å². The van der Waals surface area contributed by atoms with Gasteiger partial charge in [-0.15, -0.1) is 0 Å². The Bertz CT molecular complexity index is 1430. The van der Waals surface area contributed by atoms with Gasteiger partial charge in [0.1, 0.15) is 12.4 Å². The fourth-order valence-corrected chi connectivity index (χ4v) is 6.92. The standard InChI is InChI=1S/C33H35BrClNO5/c1-32(2)14-23-30(25(37)16-32)29(31-24(36(23)12-11-28(39)40)15-33(3,4)17-26(31)38)20-7-10-27(22(35)13-20)41-18-19-5-8-21(34)9-6-19/h5-10,13,29H,11-12,14-18H2,1-4H3,(H,39,40). The second-order valence-corrected chi connectivity index (χ2v) is 14.3. The first-order valence-electron chi connectivity index (χ1n) is 13.9. The van der Waals surface area contributed by atoms with Crippen molar-refractivity contribution in [2.45, 2.75) is 72.3 Å². The minimum Gasteiger partial charge on any atom is -0.487 e. The van der Waals surface area contributed by atoms with E-state index < -0.39 is 11.9 Å². The highest BCUT2D eigenvalue weighted by Crippen LogP contribution is 2.54. The van der Waals surface area contributed by atoms with Crippen molar-refractivity contribution in [3.8, 4) is 5.75 Å². The van der Waals surface area contributed by atoms with Gasteiger partial charge < -0.3 is 14.7 Å². The molecule has 41 heavy (non-hydrogen) atoms. The lowest BCUT2D eigenvalue weighted by Crippen LogP contribution is -2.45. The Balaban J connectivity index is 1.59. The second kappa shape index (κ2) is 11.1. The minimum atomic E-state index is -0.912. The SMILES string of the molecule is CC1(C)CC(=O)C2=C(C1)N(CCC(=O)O)C1=C(C(=O)CC(C)(C)C1)C2c1ccc(OCc2ccc(Br)cc2)c(Cl)c1. The Kier molecular flexibility index (Phi) is 7.99. The van der Waals surface area contributed by atoms with E-state index in [0.717, 1.165) is 27.0 Å². The predicted octanol–water partition coefficient (Wildman–Crippen LogP) is 7.84. The van der Waals surface area contributed by atoms with Crippen LogP contribution >= 0.6 is 27.5 Å². The Morgan fingerprint density at radius 2 is 1.51 bits per heavy atom. The van der Waals surface area contributed by atoms with Crippen LogP contribution in [-0.2, 0) is 21.0 Å². The van der Waals surface area contributed by atoms with E-state index in [9.17, 15) is 19.5 Å². The van der Waals surface area contributed by atoms with Crippen molar-refractivity contribution < 1.29 is 24.2 Å². The van der Waals surface area contributed by atoms with Gasteiger partial charge in [0.2, 0.25) is 0 Å². The zero-order chi connectivity index (χ0) is 29.7. The second-order valence-electron chi connectivity index (χ2n) is 12.9. The maximum Gasteiger partial charge on any atom is 0.305 e. The monoisotopic (exact) mass is 639 g/mol.